The van der Waals surface area contributed by atoms with Crippen molar-refractivity contribution in [2.45, 2.75) is 50.9 Å². The van der Waals surface area contributed by atoms with Crippen LogP contribution in [-0.2, 0) is 9.59 Å². The molecule has 0 aliphatic carbocycles. The molecule has 0 saturated carbocycles. The number of carbonyl (C=O) groups excluding carboxylic acids is 4. The van der Waals surface area contributed by atoms with Crippen LogP contribution in [0.3, 0.4) is 0 Å². The van der Waals surface area contributed by atoms with Gasteiger partial charge in [-0.3, -0.25) is 29.6 Å². The molecular formula is C35H40N6O8. The number of benzene rings is 2. The fourth-order valence-electron chi connectivity index (χ4n) is 3.55. The first kappa shape index (κ1) is 41.3. The van der Waals surface area contributed by atoms with E-state index in [0.717, 1.165) is 0 Å². The molecule has 0 aromatic heterocycles. The SMILES string of the molecule is CN[C@H](C)[C@H](NC(=O)c1ccc(C#CC#CCCO)cc1)C(=O)NO.C[C@@H](N)[C@H](NC(=O)c1ccc(C#CC#CCCO)cc1)C(=O)NO. The number of amides is 4. The van der Waals surface area contributed by atoms with Gasteiger partial charge in [0.25, 0.3) is 23.6 Å². The molecule has 0 heterocycles. The van der Waals surface area contributed by atoms with E-state index >= 15 is 0 Å². The molecule has 49 heavy (non-hydrogen) atoms. The Hall–Kier alpha value is -5.68. The molecule has 0 aliphatic rings. The van der Waals surface area contributed by atoms with Gasteiger partial charge in [-0.15, -0.1) is 0 Å². The molecule has 4 amide bonds. The summed E-state index contributed by atoms with van der Waals surface area (Å²) in [6.07, 6.45) is 0.747. The van der Waals surface area contributed by atoms with Crippen molar-refractivity contribution in [3.63, 3.8) is 0 Å². The van der Waals surface area contributed by atoms with Crippen molar-refractivity contribution >= 4 is 23.6 Å². The molecule has 0 unspecified atom stereocenters. The lowest BCUT2D eigenvalue weighted by molar-refractivity contribution is -0.132. The summed E-state index contributed by atoms with van der Waals surface area (Å²) in [4.78, 5) is 47.5. The fraction of sp³-hybridized carbons (Fsp3) is 0.314. The molecule has 0 radical (unpaired) electrons. The molecule has 258 valence electrons. The molecular weight excluding hydrogens is 632 g/mol. The number of hydrogen-bond donors (Lipinski definition) is 10. The number of rotatable bonds is 11. The zero-order valence-corrected chi connectivity index (χ0v) is 27.3. The van der Waals surface area contributed by atoms with E-state index in [9.17, 15) is 19.2 Å². The zero-order valence-electron chi connectivity index (χ0n) is 27.3. The lowest BCUT2D eigenvalue weighted by atomic mass is 10.1. The molecule has 11 N–H and O–H groups in total. The van der Waals surface area contributed by atoms with Crippen LogP contribution in [0.25, 0.3) is 0 Å². The second kappa shape index (κ2) is 23.6. The van der Waals surface area contributed by atoms with E-state index in [1.165, 1.54) is 12.4 Å². The Morgan fingerprint density at radius 3 is 1.41 bits per heavy atom. The minimum absolute atomic E-state index is 0.0000445. The van der Waals surface area contributed by atoms with Crippen molar-refractivity contribution in [2.75, 3.05) is 20.3 Å². The maximum Gasteiger partial charge on any atom is 0.267 e. The van der Waals surface area contributed by atoms with Gasteiger partial charge in [0.05, 0.1) is 13.2 Å². The van der Waals surface area contributed by atoms with E-state index in [0.29, 0.717) is 35.1 Å². The minimum Gasteiger partial charge on any atom is -0.395 e. The molecule has 2 aromatic carbocycles. The molecule has 2 rings (SSSR count). The van der Waals surface area contributed by atoms with Gasteiger partial charge in [0.1, 0.15) is 12.1 Å². The first-order valence-electron chi connectivity index (χ1n) is 14.8. The first-order valence-corrected chi connectivity index (χ1v) is 14.8. The fourth-order valence-corrected chi connectivity index (χ4v) is 3.55. The Balaban J connectivity index is 0.000000490. The average molecular weight is 673 g/mol. The lowest BCUT2D eigenvalue weighted by Gasteiger charge is -2.22. The van der Waals surface area contributed by atoms with Crippen molar-refractivity contribution in [1.82, 2.24) is 26.9 Å². The monoisotopic (exact) mass is 672 g/mol. The van der Waals surface area contributed by atoms with Crippen molar-refractivity contribution in [3.8, 4) is 47.4 Å². The summed E-state index contributed by atoms with van der Waals surface area (Å²) in [5.41, 5.74) is 10.7. The maximum atomic E-state index is 12.3. The first-order chi connectivity index (χ1) is 23.5. The van der Waals surface area contributed by atoms with Gasteiger partial charge in [-0.25, -0.2) is 11.0 Å². The molecule has 0 aliphatic heterocycles. The van der Waals surface area contributed by atoms with Crippen LogP contribution >= 0.6 is 0 Å². The van der Waals surface area contributed by atoms with Crippen molar-refractivity contribution in [2.24, 2.45) is 5.73 Å². The highest BCUT2D eigenvalue weighted by atomic mass is 16.5. The van der Waals surface area contributed by atoms with Crippen LogP contribution in [0.1, 0.15) is 58.5 Å². The van der Waals surface area contributed by atoms with Gasteiger partial charge in [-0.05, 0) is 93.1 Å². The number of nitrogens with two attached hydrogens (primary N) is 1. The standard InChI is InChI=1S/C18H21N3O4.C17H19N3O4/c1-13(19-2)16(18(24)21-25)20-17(23)15-10-8-14(9-11-15)7-5-3-4-6-12-22;1-12(18)15(17(23)20-24)19-16(22)14-9-7-13(8-10-14)6-4-2-3-5-11-21/h8-11,13,16,19,22,25H,6,12H2,1-2H3,(H,20,23)(H,21,24);7-10,12,15,21,24H,5,11,18H2,1H3,(H,19,22)(H,20,23)/t13-,16+;12-,15+/m11/s1. The van der Waals surface area contributed by atoms with Gasteiger partial charge in [-0.1, -0.05) is 23.7 Å². The van der Waals surface area contributed by atoms with Crippen LogP contribution < -0.4 is 32.6 Å². The number of likely N-dealkylation sites (N-methyl/N-ethyl adjacent to an activating group) is 1. The summed E-state index contributed by atoms with van der Waals surface area (Å²) in [6, 6.07) is 9.85. The Labute approximate surface area is 285 Å². The average Bonchev–Trinajstić information content (AvgIpc) is 3.12. The molecule has 0 bridgehead atoms. The van der Waals surface area contributed by atoms with E-state index in [1.807, 2.05) is 0 Å². The van der Waals surface area contributed by atoms with Crippen LogP contribution in [-0.4, -0.2) is 88.7 Å². The van der Waals surface area contributed by atoms with E-state index < -0.39 is 41.8 Å². The van der Waals surface area contributed by atoms with Crippen molar-refractivity contribution in [1.29, 1.82) is 0 Å². The third-order valence-corrected chi connectivity index (χ3v) is 6.32. The smallest absolute Gasteiger partial charge is 0.267 e. The Kier molecular flexibility index (Phi) is 19.9. The highest BCUT2D eigenvalue weighted by Crippen LogP contribution is 2.06. The second-order valence-corrected chi connectivity index (χ2v) is 10.00. The number of aliphatic hydroxyl groups is 2. The van der Waals surface area contributed by atoms with E-state index in [2.05, 4.69) is 63.3 Å². The Bertz CT molecular complexity index is 1650. The van der Waals surface area contributed by atoms with Gasteiger partial charge in [-0.2, -0.15) is 0 Å². The van der Waals surface area contributed by atoms with Crippen LogP contribution in [0, 0.1) is 47.4 Å². The second-order valence-electron chi connectivity index (χ2n) is 10.00. The molecule has 0 spiro atoms. The third-order valence-electron chi connectivity index (χ3n) is 6.32. The Morgan fingerprint density at radius 1 is 0.673 bits per heavy atom. The highest BCUT2D eigenvalue weighted by Gasteiger charge is 2.26. The van der Waals surface area contributed by atoms with Gasteiger partial charge in [0.2, 0.25) is 0 Å². The quantitative estimate of drug-likeness (QED) is 0.0795. The number of nitrogens with one attached hydrogen (secondary N) is 5. The molecule has 14 heteroatoms. The van der Waals surface area contributed by atoms with E-state index in [-0.39, 0.29) is 19.3 Å². The molecule has 0 saturated heterocycles. The maximum absolute atomic E-state index is 12.3. The van der Waals surface area contributed by atoms with Crippen molar-refractivity contribution in [3.05, 3.63) is 70.8 Å². The molecule has 0 fully saturated rings. The lowest BCUT2D eigenvalue weighted by Crippen LogP contribution is -2.55. The Morgan fingerprint density at radius 2 is 1.06 bits per heavy atom. The summed E-state index contributed by atoms with van der Waals surface area (Å²) in [6.45, 7) is 3.24. The van der Waals surface area contributed by atoms with E-state index in [4.69, 9.17) is 26.4 Å². The van der Waals surface area contributed by atoms with Crippen LogP contribution in [0.2, 0.25) is 0 Å². The third kappa shape index (κ3) is 15.6. The van der Waals surface area contributed by atoms with Gasteiger partial charge >= 0.3 is 0 Å². The van der Waals surface area contributed by atoms with Crippen molar-refractivity contribution < 1.29 is 39.8 Å². The number of aliphatic hydroxyl groups excluding tert-OH is 2. The minimum atomic E-state index is -1.05. The topological polar surface area (TPSA) is 235 Å². The van der Waals surface area contributed by atoms with Gasteiger partial charge in [0, 0.05) is 47.2 Å². The number of hydrogen-bond acceptors (Lipinski definition) is 10. The van der Waals surface area contributed by atoms with Gasteiger partial charge in [0.15, 0.2) is 0 Å². The molecule has 2 aromatic rings. The van der Waals surface area contributed by atoms with Crippen LogP contribution in [0.4, 0.5) is 0 Å². The van der Waals surface area contributed by atoms with Crippen LogP contribution in [0.5, 0.6) is 0 Å². The summed E-state index contributed by atoms with van der Waals surface area (Å²) in [7, 11) is 1.64. The normalized spacial score (nSPS) is 11.8. The largest absolute Gasteiger partial charge is 0.395 e. The highest BCUT2D eigenvalue weighted by molar-refractivity contribution is 5.98. The predicted octanol–water partition coefficient (Wildman–Crippen LogP) is -0.989. The number of carbonyl (C=O) groups is 4. The van der Waals surface area contributed by atoms with Gasteiger partial charge < -0.3 is 31.9 Å². The predicted molar refractivity (Wildman–Crippen MR) is 180 cm³/mol. The summed E-state index contributed by atoms with van der Waals surface area (Å²) < 4.78 is 0. The van der Waals surface area contributed by atoms with E-state index in [1.54, 1.807) is 68.0 Å². The van der Waals surface area contributed by atoms with Crippen LogP contribution in [0.15, 0.2) is 48.5 Å². The number of hydroxylamine groups is 2. The zero-order chi connectivity index (χ0) is 36.6. The summed E-state index contributed by atoms with van der Waals surface area (Å²) in [5.74, 6) is 19.0. The molecule has 14 nitrogen and oxygen atoms in total. The summed E-state index contributed by atoms with van der Waals surface area (Å²) in [5, 5.41) is 42.5. The molecule has 4 atom stereocenters. The summed E-state index contributed by atoms with van der Waals surface area (Å²) >= 11 is 0.